The Labute approximate surface area is 95.4 Å². The van der Waals surface area contributed by atoms with E-state index in [2.05, 4.69) is 9.97 Å². The van der Waals surface area contributed by atoms with Crippen LogP contribution in [0.15, 0.2) is 42.9 Å². The number of pyridine rings is 2. The van der Waals surface area contributed by atoms with Gasteiger partial charge in [-0.05, 0) is 48.7 Å². The van der Waals surface area contributed by atoms with E-state index in [1.54, 1.807) is 18.6 Å². The minimum absolute atomic E-state index is 0.0534. The molecule has 0 saturated carbocycles. The van der Waals surface area contributed by atoms with Gasteiger partial charge in [0.1, 0.15) is 0 Å². The molecule has 2 rings (SSSR count). The molecule has 2 heterocycles. The number of nitrogens with zero attached hydrogens (tertiary/aromatic N) is 2. The molecule has 0 aliphatic heterocycles. The van der Waals surface area contributed by atoms with Gasteiger partial charge in [0.25, 0.3) is 0 Å². The molecule has 16 heavy (non-hydrogen) atoms. The molecule has 0 aromatic carbocycles. The van der Waals surface area contributed by atoms with Gasteiger partial charge in [0, 0.05) is 18.6 Å². The predicted octanol–water partition coefficient (Wildman–Crippen LogP) is 2.03. The van der Waals surface area contributed by atoms with Crippen LogP contribution < -0.4 is 5.73 Å². The van der Waals surface area contributed by atoms with Crippen LogP contribution in [-0.2, 0) is 6.42 Å². The van der Waals surface area contributed by atoms with Gasteiger partial charge >= 0.3 is 0 Å². The molecular formula is C13H15N3. The van der Waals surface area contributed by atoms with Crippen molar-refractivity contribution in [1.82, 2.24) is 9.97 Å². The highest BCUT2D eigenvalue weighted by Crippen LogP contribution is 2.14. The Kier molecular flexibility index (Phi) is 3.27. The molecule has 82 valence electrons. The number of nitrogens with two attached hydrogens (primary N) is 1. The van der Waals surface area contributed by atoms with Gasteiger partial charge in [0.15, 0.2) is 0 Å². The number of rotatable bonds is 3. The Hall–Kier alpha value is -1.74. The van der Waals surface area contributed by atoms with E-state index < -0.39 is 0 Å². The van der Waals surface area contributed by atoms with E-state index in [-0.39, 0.29) is 6.04 Å². The van der Waals surface area contributed by atoms with Crippen LogP contribution in [0.3, 0.4) is 0 Å². The average molecular weight is 213 g/mol. The highest BCUT2D eigenvalue weighted by atomic mass is 14.8. The summed E-state index contributed by atoms with van der Waals surface area (Å²) in [6.07, 6.45) is 6.16. The lowest BCUT2D eigenvalue weighted by molar-refractivity contribution is 0.695. The largest absolute Gasteiger partial charge is 0.322 e. The first-order valence-electron chi connectivity index (χ1n) is 5.33. The van der Waals surface area contributed by atoms with Crippen molar-refractivity contribution in [1.29, 1.82) is 0 Å². The first-order valence-corrected chi connectivity index (χ1v) is 5.33. The fraction of sp³-hybridized carbons (Fsp3) is 0.231. The average Bonchev–Trinajstić information content (AvgIpc) is 2.30. The molecule has 0 fully saturated rings. The van der Waals surface area contributed by atoms with Crippen molar-refractivity contribution in [3.05, 3.63) is 59.7 Å². The monoisotopic (exact) mass is 213 g/mol. The molecule has 3 heteroatoms. The van der Waals surface area contributed by atoms with Crippen molar-refractivity contribution in [3.8, 4) is 0 Å². The molecule has 0 radical (unpaired) electrons. The number of hydrogen-bond donors (Lipinski definition) is 1. The Balaban J connectivity index is 2.12. The lowest BCUT2D eigenvalue weighted by Crippen LogP contribution is -2.15. The van der Waals surface area contributed by atoms with Crippen LogP contribution in [0, 0.1) is 6.92 Å². The summed E-state index contributed by atoms with van der Waals surface area (Å²) < 4.78 is 0. The third-order valence-electron chi connectivity index (χ3n) is 2.52. The molecule has 3 nitrogen and oxygen atoms in total. The summed E-state index contributed by atoms with van der Waals surface area (Å²) in [5, 5.41) is 0. The van der Waals surface area contributed by atoms with E-state index in [0.717, 1.165) is 12.1 Å². The van der Waals surface area contributed by atoms with Crippen LogP contribution >= 0.6 is 0 Å². The minimum Gasteiger partial charge on any atom is -0.322 e. The number of hydrogen-bond acceptors (Lipinski definition) is 3. The second-order valence-electron chi connectivity index (χ2n) is 3.92. The lowest BCUT2D eigenvalue weighted by atomic mass is 10.0. The molecule has 0 bridgehead atoms. The predicted molar refractivity (Wildman–Crippen MR) is 63.8 cm³/mol. The van der Waals surface area contributed by atoms with Crippen LogP contribution in [0.2, 0.25) is 0 Å². The van der Waals surface area contributed by atoms with Crippen LogP contribution in [0.1, 0.15) is 22.9 Å². The Morgan fingerprint density at radius 2 is 1.94 bits per heavy atom. The highest BCUT2D eigenvalue weighted by Gasteiger charge is 2.08. The zero-order valence-corrected chi connectivity index (χ0v) is 9.30. The maximum Gasteiger partial charge on any atom is 0.0577 e. The summed E-state index contributed by atoms with van der Waals surface area (Å²) in [7, 11) is 0. The maximum absolute atomic E-state index is 6.11. The van der Waals surface area contributed by atoms with Gasteiger partial charge in [-0.1, -0.05) is 0 Å². The van der Waals surface area contributed by atoms with Gasteiger partial charge in [-0.3, -0.25) is 9.97 Å². The van der Waals surface area contributed by atoms with Crippen molar-refractivity contribution >= 4 is 0 Å². The normalized spacial score (nSPS) is 12.4. The second-order valence-corrected chi connectivity index (χ2v) is 3.92. The zero-order chi connectivity index (χ0) is 11.4. The smallest absolute Gasteiger partial charge is 0.0577 e. The quantitative estimate of drug-likeness (QED) is 0.848. The van der Waals surface area contributed by atoms with E-state index >= 15 is 0 Å². The third kappa shape index (κ3) is 2.64. The molecule has 1 atom stereocenters. The van der Waals surface area contributed by atoms with E-state index in [0.29, 0.717) is 0 Å². The summed E-state index contributed by atoms with van der Waals surface area (Å²) in [4.78, 5) is 8.28. The summed E-state index contributed by atoms with van der Waals surface area (Å²) in [6, 6.07) is 7.92. The number of aromatic nitrogens is 2. The highest BCUT2D eigenvalue weighted by molar-refractivity contribution is 5.20. The Morgan fingerprint density at radius 1 is 1.19 bits per heavy atom. The lowest BCUT2D eigenvalue weighted by Gasteiger charge is -2.11. The topological polar surface area (TPSA) is 51.8 Å². The van der Waals surface area contributed by atoms with Crippen molar-refractivity contribution in [2.75, 3.05) is 0 Å². The SMILES string of the molecule is Cc1ccnc(C(N)Cc2ccncc2)c1. The van der Waals surface area contributed by atoms with Gasteiger partial charge < -0.3 is 5.73 Å². The summed E-state index contributed by atoms with van der Waals surface area (Å²) in [6.45, 7) is 2.05. The first-order chi connectivity index (χ1) is 7.75. The third-order valence-corrected chi connectivity index (χ3v) is 2.52. The second kappa shape index (κ2) is 4.86. The molecule has 0 saturated heterocycles. The molecule has 1 unspecified atom stereocenters. The summed E-state index contributed by atoms with van der Waals surface area (Å²) >= 11 is 0. The fourth-order valence-corrected chi connectivity index (χ4v) is 1.64. The number of aryl methyl sites for hydroxylation is 1. The van der Waals surface area contributed by atoms with Gasteiger partial charge in [-0.15, -0.1) is 0 Å². The van der Waals surface area contributed by atoms with E-state index in [1.165, 1.54) is 11.1 Å². The Morgan fingerprint density at radius 3 is 2.62 bits per heavy atom. The van der Waals surface area contributed by atoms with Crippen molar-refractivity contribution in [3.63, 3.8) is 0 Å². The van der Waals surface area contributed by atoms with E-state index in [4.69, 9.17) is 5.73 Å². The van der Waals surface area contributed by atoms with Crippen LogP contribution in [-0.4, -0.2) is 9.97 Å². The van der Waals surface area contributed by atoms with Gasteiger partial charge in [-0.25, -0.2) is 0 Å². The zero-order valence-electron chi connectivity index (χ0n) is 9.30. The van der Waals surface area contributed by atoms with Crippen molar-refractivity contribution in [2.24, 2.45) is 5.73 Å². The van der Waals surface area contributed by atoms with Crippen molar-refractivity contribution in [2.45, 2.75) is 19.4 Å². The molecule has 2 aromatic heterocycles. The molecule has 0 amide bonds. The van der Waals surface area contributed by atoms with Gasteiger partial charge in [0.2, 0.25) is 0 Å². The molecule has 0 aliphatic carbocycles. The standard InChI is InChI=1S/C13H15N3/c1-10-2-7-16-13(8-10)12(14)9-11-3-5-15-6-4-11/h2-8,12H,9,14H2,1H3. The molecular weight excluding hydrogens is 198 g/mol. The van der Waals surface area contributed by atoms with Crippen LogP contribution in [0.5, 0.6) is 0 Å². The summed E-state index contributed by atoms with van der Waals surface area (Å²) in [5.41, 5.74) is 9.43. The van der Waals surface area contributed by atoms with Crippen molar-refractivity contribution < 1.29 is 0 Å². The minimum atomic E-state index is -0.0534. The maximum atomic E-state index is 6.11. The van der Waals surface area contributed by atoms with Crippen LogP contribution in [0.25, 0.3) is 0 Å². The molecule has 0 spiro atoms. The fourth-order valence-electron chi connectivity index (χ4n) is 1.64. The molecule has 2 aromatic rings. The summed E-state index contributed by atoms with van der Waals surface area (Å²) in [5.74, 6) is 0. The van der Waals surface area contributed by atoms with Gasteiger partial charge in [-0.2, -0.15) is 0 Å². The van der Waals surface area contributed by atoms with Gasteiger partial charge in [0.05, 0.1) is 11.7 Å². The molecule has 2 N–H and O–H groups in total. The first kappa shape index (κ1) is 10.8. The Bertz CT molecular complexity index is 454. The van der Waals surface area contributed by atoms with E-state index in [9.17, 15) is 0 Å². The van der Waals surface area contributed by atoms with E-state index in [1.807, 2.05) is 31.2 Å². The molecule has 0 aliphatic rings. The van der Waals surface area contributed by atoms with Crippen LogP contribution in [0.4, 0.5) is 0 Å².